The monoisotopic (exact) mass is 451 g/mol. The van der Waals surface area contributed by atoms with Crippen molar-refractivity contribution in [1.29, 1.82) is 0 Å². The van der Waals surface area contributed by atoms with Crippen LogP contribution in [0.2, 0.25) is 5.02 Å². The molecule has 5 rings (SSSR count). The van der Waals surface area contributed by atoms with Gasteiger partial charge in [-0.3, -0.25) is 14.6 Å². The van der Waals surface area contributed by atoms with Crippen molar-refractivity contribution in [2.75, 3.05) is 6.61 Å². The molecule has 1 aromatic heterocycles. The lowest BCUT2D eigenvalue weighted by Gasteiger charge is -2.57. The summed E-state index contributed by atoms with van der Waals surface area (Å²) < 4.78 is 18.9. The molecule has 9 heteroatoms. The van der Waals surface area contributed by atoms with Gasteiger partial charge in [0.25, 0.3) is 11.8 Å². The van der Waals surface area contributed by atoms with Crippen LogP contribution in [0.1, 0.15) is 48.7 Å². The van der Waals surface area contributed by atoms with E-state index in [4.69, 9.17) is 16.3 Å². The third-order valence-electron chi connectivity index (χ3n) is 6.42. The van der Waals surface area contributed by atoms with Gasteiger partial charge in [-0.1, -0.05) is 18.5 Å². The Hall–Kier alpha value is -2.19. The molecule has 1 heterocycles. The maximum atomic E-state index is 13.5. The number of hydrogen-bond donors (Lipinski definition) is 2. The molecule has 2 N–H and O–H groups in total. The molecule has 3 saturated carbocycles. The van der Waals surface area contributed by atoms with Gasteiger partial charge >= 0.3 is 0 Å². The van der Waals surface area contributed by atoms with Gasteiger partial charge in [0.05, 0.1) is 16.7 Å². The van der Waals surface area contributed by atoms with Crippen LogP contribution in [0.25, 0.3) is 0 Å². The molecule has 1 unspecified atom stereocenters. The van der Waals surface area contributed by atoms with E-state index in [0.29, 0.717) is 4.88 Å². The zero-order valence-electron chi connectivity index (χ0n) is 16.5. The Morgan fingerprint density at radius 1 is 1.30 bits per heavy atom. The van der Waals surface area contributed by atoms with Crippen LogP contribution in [0.5, 0.6) is 5.75 Å². The summed E-state index contributed by atoms with van der Waals surface area (Å²) in [6.07, 6.45) is 5.59. The van der Waals surface area contributed by atoms with Crippen LogP contribution in [-0.4, -0.2) is 34.5 Å². The number of amides is 2. The Bertz CT molecular complexity index is 945. The largest absolute Gasteiger partial charge is 0.484 e. The smallest absolute Gasteiger partial charge is 0.263 e. The van der Waals surface area contributed by atoms with Crippen LogP contribution in [0.3, 0.4) is 0 Å². The second kappa shape index (κ2) is 8.15. The highest BCUT2D eigenvalue weighted by Gasteiger charge is 2.54. The molecule has 3 fully saturated rings. The summed E-state index contributed by atoms with van der Waals surface area (Å²) in [5, 5.41) is 6.40. The van der Waals surface area contributed by atoms with E-state index in [9.17, 15) is 14.0 Å². The molecule has 30 heavy (non-hydrogen) atoms. The number of carbonyl (C=O) groups excluding carboxylic acids is 2. The predicted molar refractivity (Wildman–Crippen MR) is 112 cm³/mol. The van der Waals surface area contributed by atoms with E-state index in [1.807, 2.05) is 0 Å². The number of rotatable bonds is 6. The van der Waals surface area contributed by atoms with Crippen LogP contribution in [0.4, 0.5) is 4.39 Å². The highest BCUT2D eigenvalue weighted by molar-refractivity contribution is 7.11. The second-order valence-electron chi connectivity index (χ2n) is 8.27. The minimum absolute atomic E-state index is 0.00911. The molecule has 0 radical (unpaired) electrons. The number of benzene rings is 1. The summed E-state index contributed by atoms with van der Waals surface area (Å²) in [4.78, 5) is 29.7. The summed E-state index contributed by atoms with van der Waals surface area (Å²) in [6.45, 7) is 1.92. The Morgan fingerprint density at radius 2 is 2.07 bits per heavy atom. The van der Waals surface area contributed by atoms with E-state index in [0.717, 1.165) is 38.2 Å². The van der Waals surface area contributed by atoms with Crippen molar-refractivity contribution in [3.8, 4) is 5.75 Å². The van der Waals surface area contributed by atoms with E-state index in [2.05, 4.69) is 22.5 Å². The summed E-state index contributed by atoms with van der Waals surface area (Å²) in [5.74, 6) is -0.432. The topological polar surface area (TPSA) is 80.3 Å². The van der Waals surface area contributed by atoms with Crippen molar-refractivity contribution in [1.82, 2.24) is 15.6 Å². The van der Waals surface area contributed by atoms with E-state index in [1.165, 1.54) is 23.5 Å². The van der Waals surface area contributed by atoms with Gasteiger partial charge in [0.15, 0.2) is 6.61 Å². The Kier molecular flexibility index (Phi) is 5.72. The van der Waals surface area contributed by atoms with Gasteiger partial charge in [-0.2, -0.15) is 0 Å². The van der Waals surface area contributed by atoms with E-state index in [1.54, 1.807) is 11.7 Å². The van der Waals surface area contributed by atoms with Crippen LogP contribution in [0.15, 0.2) is 29.9 Å². The van der Waals surface area contributed by atoms with E-state index >= 15 is 0 Å². The van der Waals surface area contributed by atoms with Crippen LogP contribution >= 0.6 is 22.9 Å². The van der Waals surface area contributed by atoms with Gasteiger partial charge in [0.2, 0.25) is 0 Å². The van der Waals surface area contributed by atoms with Crippen LogP contribution in [-0.2, 0) is 4.79 Å². The minimum Gasteiger partial charge on any atom is -0.484 e. The standard InChI is InChI=1S/C21H23ClFN3O3S/c1-13-9-20(26-19(28)17-10-24-12-30-17)4-6-21(13,7-5-20)25-18(27)11-29-14-2-3-15(22)16(23)8-14/h2-3,8,10,12-13H,4-7,9,11H2,1H3,(H,25,27)(H,26,28). The minimum atomic E-state index is -0.585. The van der Waals surface area contributed by atoms with Crippen molar-refractivity contribution in [3.63, 3.8) is 0 Å². The first-order valence-corrected chi connectivity index (χ1v) is 11.2. The van der Waals surface area contributed by atoms with Crippen molar-refractivity contribution in [3.05, 3.63) is 45.6 Å². The number of hydrogen-bond acceptors (Lipinski definition) is 5. The van der Waals surface area contributed by atoms with Gasteiger partial charge in [-0.25, -0.2) is 4.39 Å². The van der Waals surface area contributed by atoms with Crippen LogP contribution < -0.4 is 15.4 Å². The van der Waals surface area contributed by atoms with Crippen molar-refractivity contribution in [2.45, 2.75) is 50.1 Å². The van der Waals surface area contributed by atoms with Crippen LogP contribution in [0, 0.1) is 11.7 Å². The fourth-order valence-electron chi connectivity index (χ4n) is 4.74. The third kappa shape index (κ3) is 4.16. The number of ether oxygens (including phenoxy) is 1. The first-order valence-electron chi connectivity index (χ1n) is 9.91. The summed E-state index contributed by atoms with van der Waals surface area (Å²) in [7, 11) is 0. The fraction of sp³-hybridized carbons (Fsp3) is 0.476. The molecule has 3 aliphatic carbocycles. The normalized spacial score (nSPS) is 27.5. The Morgan fingerprint density at radius 3 is 2.70 bits per heavy atom. The number of fused-ring (bicyclic) bond motifs is 3. The zero-order valence-corrected chi connectivity index (χ0v) is 18.1. The highest BCUT2D eigenvalue weighted by atomic mass is 35.5. The molecule has 2 bridgehead atoms. The maximum Gasteiger partial charge on any atom is 0.263 e. The van der Waals surface area contributed by atoms with E-state index in [-0.39, 0.29) is 46.2 Å². The molecule has 160 valence electrons. The molecule has 0 spiro atoms. The third-order valence-corrected chi connectivity index (χ3v) is 7.50. The average molecular weight is 452 g/mol. The number of aromatic nitrogens is 1. The number of nitrogens with zero attached hydrogens (tertiary/aromatic N) is 1. The second-order valence-corrected chi connectivity index (χ2v) is 9.57. The lowest BCUT2D eigenvalue weighted by molar-refractivity contribution is -0.128. The highest BCUT2D eigenvalue weighted by Crippen LogP contribution is 2.50. The molecule has 2 aromatic rings. The molecule has 1 atom stereocenters. The van der Waals surface area contributed by atoms with Gasteiger partial charge in [0, 0.05) is 17.1 Å². The van der Waals surface area contributed by atoms with E-state index < -0.39 is 5.82 Å². The lowest BCUT2D eigenvalue weighted by Crippen LogP contribution is -2.67. The van der Waals surface area contributed by atoms with Gasteiger partial charge < -0.3 is 15.4 Å². The fourth-order valence-corrected chi connectivity index (χ4v) is 5.37. The van der Waals surface area contributed by atoms with Gasteiger partial charge in [0.1, 0.15) is 16.4 Å². The summed E-state index contributed by atoms with van der Waals surface area (Å²) in [5.41, 5.74) is 1.12. The van der Waals surface area contributed by atoms with Crippen molar-refractivity contribution < 1.29 is 18.7 Å². The van der Waals surface area contributed by atoms with Crippen molar-refractivity contribution >= 4 is 34.8 Å². The molecule has 6 nitrogen and oxygen atoms in total. The summed E-state index contributed by atoms with van der Waals surface area (Å²) in [6, 6.07) is 4.09. The molecule has 1 aromatic carbocycles. The average Bonchev–Trinajstić information content (AvgIpc) is 3.25. The van der Waals surface area contributed by atoms with Gasteiger partial charge in [-0.05, 0) is 50.2 Å². The number of halogens is 2. The lowest BCUT2D eigenvalue weighted by atomic mass is 9.56. The number of thiazole rings is 1. The molecular weight excluding hydrogens is 429 g/mol. The SMILES string of the molecule is CC1CC2(NC(=O)c3cncs3)CCC1(NC(=O)COc1ccc(Cl)c(F)c1)CC2. The first-order chi connectivity index (χ1) is 14.3. The van der Waals surface area contributed by atoms with Gasteiger partial charge in [-0.15, -0.1) is 11.3 Å². The number of carbonyl (C=O) groups is 2. The number of nitrogens with one attached hydrogen (secondary N) is 2. The zero-order chi connectivity index (χ0) is 21.4. The Balaban J connectivity index is 1.34. The molecule has 2 amide bonds. The maximum absolute atomic E-state index is 13.5. The molecular formula is C21H23ClFN3O3S. The predicted octanol–water partition coefficient (Wildman–Crippen LogP) is 3.95. The quantitative estimate of drug-likeness (QED) is 0.696. The van der Waals surface area contributed by atoms with Crippen molar-refractivity contribution in [2.24, 2.45) is 5.92 Å². The summed E-state index contributed by atoms with van der Waals surface area (Å²) >= 11 is 6.99. The molecule has 0 aliphatic heterocycles. The Labute approximate surface area is 183 Å². The first kappa shape index (κ1) is 21.1. The molecule has 3 aliphatic rings. The molecule has 0 saturated heterocycles.